The molecule has 0 saturated heterocycles. The number of nitrogens with two attached hydrogens (primary N) is 1. The van der Waals surface area contributed by atoms with Crippen LogP contribution in [0.15, 0.2) is 35.1 Å². The van der Waals surface area contributed by atoms with Crippen molar-refractivity contribution in [2.45, 2.75) is 58.4 Å². The summed E-state index contributed by atoms with van der Waals surface area (Å²) in [5.41, 5.74) is 7.90. The van der Waals surface area contributed by atoms with E-state index in [1.807, 2.05) is 42.1 Å². The van der Waals surface area contributed by atoms with Crippen LogP contribution in [-0.4, -0.2) is 23.8 Å². The van der Waals surface area contributed by atoms with Gasteiger partial charge < -0.3 is 10.2 Å². The molecule has 1 atom stereocenters. The van der Waals surface area contributed by atoms with E-state index in [9.17, 15) is 4.79 Å². The van der Waals surface area contributed by atoms with Gasteiger partial charge in [0.25, 0.3) is 5.56 Å². The molecule has 5 nitrogen and oxygen atoms in total. The molecule has 1 aromatic carbocycles. The largest absolute Gasteiger partial charge is 0.414 e. The lowest BCUT2D eigenvalue weighted by Gasteiger charge is -2.38. The second-order valence-electron chi connectivity index (χ2n) is 8.23. The number of rotatable bonds is 5. The van der Waals surface area contributed by atoms with Gasteiger partial charge in [0, 0.05) is 19.6 Å². The van der Waals surface area contributed by atoms with Crippen molar-refractivity contribution in [1.29, 1.82) is 0 Å². The molecule has 0 spiro atoms. The van der Waals surface area contributed by atoms with Gasteiger partial charge in [0.15, 0.2) is 8.32 Å². The van der Waals surface area contributed by atoms with Gasteiger partial charge in [-0.2, -0.15) is 0 Å². The Labute approximate surface area is 151 Å². The highest BCUT2D eigenvalue weighted by Gasteiger charge is 2.38. The van der Waals surface area contributed by atoms with E-state index in [-0.39, 0.29) is 16.7 Å². The number of nitrogen functional groups attached to an aromatic ring is 1. The van der Waals surface area contributed by atoms with Gasteiger partial charge in [-0.1, -0.05) is 39.0 Å². The quantitative estimate of drug-likeness (QED) is 0.826. The van der Waals surface area contributed by atoms with Crippen LogP contribution in [0.25, 0.3) is 5.69 Å². The van der Waals surface area contributed by atoms with Crippen LogP contribution in [0.4, 0.5) is 5.69 Å². The summed E-state index contributed by atoms with van der Waals surface area (Å²) in [7, 11) is 0.0118. The number of hydrogen-bond donors (Lipinski definition) is 1. The van der Waals surface area contributed by atoms with Gasteiger partial charge in [-0.25, -0.2) is 4.68 Å². The summed E-state index contributed by atoms with van der Waals surface area (Å²) in [6.45, 7) is 13.2. The summed E-state index contributed by atoms with van der Waals surface area (Å²) < 4.78 is 9.89. The maximum atomic E-state index is 12.6. The van der Waals surface area contributed by atoms with Gasteiger partial charge in [0.2, 0.25) is 0 Å². The van der Waals surface area contributed by atoms with Crippen LogP contribution >= 0.6 is 0 Å². The van der Waals surface area contributed by atoms with Crippen molar-refractivity contribution in [2.24, 2.45) is 7.05 Å². The Morgan fingerprint density at radius 2 is 1.76 bits per heavy atom. The summed E-state index contributed by atoms with van der Waals surface area (Å²) in [5.74, 6) is 0. The van der Waals surface area contributed by atoms with Crippen molar-refractivity contribution in [3.63, 3.8) is 0 Å². The molecule has 6 heteroatoms. The van der Waals surface area contributed by atoms with Crippen molar-refractivity contribution in [1.82, 2.24) is 9.36 Å². The Kier molecular flexibility index (Phi) is 5.34. The fourth-order valence-electron chi connectivity index (χ4n) is 2.76. The first kappa shape index (κ1) is 19.5. The minimum Gasteiger partial charge on any atom is -0.414 e. The molecule has 0 aliphatic carbocycles. The highest BCUT2D eigenvalue weighted by atomic mass is 28.4. The first-order chi connectivity index (χ1) is 11.5. The van der Waals surface area contributed by atoms with Crippen LogP contribution in [0, 0.1) is 0 Å². The molecule has 1 aromatic heterocycles. The molecule has 0 saturated carbocycles. The van der Waals surface area contributed by atoms with E-state index in [1.165, 1.54) is 0 Å². The van der Waals surface area contributed by atoms with E-state index < -0.39 is 8.32 Å². The molecule has 0 amide bonds. The van der Waals surface area contributed by atoms with Crippen molar-refractivity contribution in [2.75, 3.05) is 5.73 Å². The zero-order valence-corrected chi connectivity index (χ0v) is 17.5. The normalized spacial score (nSPS) is 13.9. The zero-order valence-electron chi connectivity index (χ0n) is 16.5. The molecule has 0 bridgehead atoms. The molecule has 138 valence electrons. The maximum absolute atomic E-state index is 12.6. The Balaban J connectivity index is 2.31. The molecule has 2 N–H and O–H groups in total. The van der Waals surface area contributed by atoms with E-state index in [0.717, 1.165) is 11.4 Å². The average Bonchev–Trinajstić information content (AvgIpc) is 2.70. The number of hydrogen-bond acceptors (Lipinski definition) is 3. The highest BCUT2D eigenvalue weighted by Crippen LogP contribution is 2.37. The van der Waals surface area contributed by atoms with Gasteiger partial charge >= 0.3 is 0 Å². The van der Waals surface area contributed by atoms with Gasteiger partial charge in [0.1, 0.15) is 5.69 Å². The van der Waals surface area contributed by atoms with Crippen LogP contribution < -0.4 is 11.3 Å². The summed E-state index contributed by atoms with van der Waals surface area (Å²) >= 11 is 0. The van der Waals surface area contributed by atoms with Gasteiger partial charge in [-0.15, -0.1) is 0 Å². The maximum Gasteiger partial charge on any atom is 0.294 e. The summed E-state index contributed by atoms with van der Waals surface area (Å²) in [6, 6.07) is 9.55. The molecule has 2 rings (SSSR count). The number of anilines is 1. The van der Waals surface area contributed by atoms with E-state index in [0.29, 0.717) is 12.1 Å². The molecular weight excluding hydrogens is 330 g/mol. The number of aromatic nitrogens is 2. The van der Waals surface area contributed by atoms with E-state index in [4.69, 9.17) is 10.2 Å². The molecule has 0 radical (unpaired) electrons. The van der Waals surface area contributed by atoms with Crippen LogP contribution in [0.5, 0.6) is 0 Å². The average molecular weight is 362 g/mol. The summed E-state index contributed by atoms with van der Waals surface area (Å²) in [5, 5.41) is 0.147. The molecule has 0 fully saturated rings. The zero-order chi connectivity index (χ0) is 19.0. The van der Waals surface area contributed by atoms with Crippen LogP contribution in [0.1, 0.15) is 33.4 Å². The minimum absolute atomic E-state index is 0.000384. The predicted octanol–water partition coefficient (Wildman–Crippen LogP) is 3.71. The first-order valence-electron chi connectivity index (χ1n) is 8.75. The molecule has 0 aliphatic heterocycles. The van der Waals surface area contributed by atoms with Gasteiger partial charge in [-0.3, -0.25) is 9.48 Å². The van der Waals surface area contributed by atoms with Crippen LogP contribution in [0.3, 0.4) is 0 Å². The fourth-order valence-corrected chi connectivity index (χ4v) is 4.21. The molecule has 2 aromatic rings. The third kappa shape index (κ3) is 3.90. The summed E-state index contributed by atoms with van der Waals surface area (Å²) in [4.78, 5) is 12.6. The fraction of sp³-hybridized carbons (Fsp3) is 0.526. The Hall–Kier alpha value is -1.79. The van der Waals surface area contributed by atoms with Gasteiger partial charge in [-0.05, 0) is 37.2 Å². The highest BCUT2D eigenvalue weighted by molar-refractivity contribution is 6.74. The number of nitrogens with zero attached hydrogens (tertiary/aromatic N) is 2. The van der Waals surface area contributed by atoms with Crippen LogP contribution in [-0.2, 0) is 17.9 Å². The van der Waals surface area contributed by atoms with Crippen molar-refractivity contribution in [3.05, 3.63) is 46.4 Å². The van der Waals surface area contributed by atoms with Gasteiger partial charge in [0.05, 0.1) is 11.4 Å². The Bertz CT molecular complexity index is 785. The Morgan fingerprint density at radius 3 is 2.28 bits per heavy atom. The molecular formula is C19H31N3O2Si. The lowest BCUT2D eigenvalue weighted by atomic mass is 10.2. The summed E-state index contributed by atoms with van der Waals surface area (Å²) in [6.07, 6.45) is 0.615. The van der Waals surface area contributed by atoms with E-state index in [2.05, 4.69) is 40.8 Å². The first-order valence-corrected chi connectivity index (χ1v) is 11.7. The molecule has 0 aliphatic rings. The van der Waals surface area contributed by atoms with Crippen molar-refractivity contribution >= 4 is 14.0 Å². The van der Waals surface area contributed by atoms with E-state index >= 15 is 0 Å². The van der Waals surface area contributed by atoms with E-state index in [1.54, 1.807) is 4.68 Å². The Morgan fingerprint density at radius 1 is 1.20 bits per heavy atom. The molecule has 1 heterocycles. The number of para-hydroxylation sites is 1. The standard InChI is InChI=1S/C19H31N3O2Si/c1-14(24-25(6,7)19(2,3)4)13-16-17(20)18(23)22(21(16)5)15-11-9-8-10-12-15/h8-12,14H,13,20H2,1-7H3/t14-/m1/s1. The number of benzene rings is 1. The smallest absolute Gasteiger partial charge is 0.294 e. The lowest BCUT2D eigenvalue weighted by Crippen LogP contribution is -2.43. The third-order valence-electron chi connectivity index (χ3n) is 5.21. The third-order valence-corrected chi connectivity index (χ3v) is 9.81. The molecule has 25 heavy (non-hydrogen) atoms. The minimum atomic E-state index is -1.86. The van der Waals surface area contributed by atoms with Crippen LogP contribution in [0.2, 0.25) is 18.1 Å². The lowest BCUT2D eigenvalue weighted by molar-refractivity contribution is 0.196. The van der Waals surface area contributed by atoms with Crippen molar-refractivity contribution < 1.29 is 4.43 Å². The SMILES string of the molecule is C[C@H](Cc1c(N)c(=O)n(-c2ccccc2)n1C)O[Si](C)(C)C(C)(C)C. The van der Waals surface area contributed by atoms with Crippen molar-refractivity contribution in [3.8, 4) is 5.69 Å². The second kappa shape index (κ2) is 6.84. The second-order valence-corrected chi connectivity index (χ2v) is 13.0. The molecule has 0 unspecified atom stereocenters. The topological polar surface area (TPSA) is 62.2 Å². The predicted molar refractivity (Wildman–Crippen MR) is 107 cm³/mol. The monoisotopic (exact) mass is 361 g/mol.